The number of hydrogen-bond acceptors (Lipinski definition) is 2. The summed E-state index contributed by atoms with van der Waals surface area (Å²) in [6, 6.07) is 0. The lowest BCUT2D eigenvalue weighted by Crippen LogP contribution is -2.21. The second kappa shape index (κ2) is 5.11. The fourth-order valence-electron chi connectivity index (χ4n) is 1.18. The molecule has 0 aliphatic carbocycles. The minimum Gasteiger partial charge on any atom is -0.309 e. The predicted molar refractivity (Wildman–Crippen MR) is 47.2 cm³/mol. The van der Waals surface area contributed by atoms with Crippen molar-refractivity contribution < 1.29 is 4.79 Å². The van der Waals surface area contributed by atoms with Crippen LogP contribution in [0.15, 0.2) is 5.57 Å². The van der Waals surface area contributed by atoms with Gasteiger partial charge in [0, 0.05) is 18.0 Å². The Labute approximate surface area is 68.9 Å². The Hall–Kier alpha value is -0.590. The average molecular weight is 155 g/mol. The molecule has 11 heavy (non-hydrogen) atoms. The normalized spacial score (nSPS) is 12.8. The molecule has 0 bridgehead atoms. The molecule has 0 N–H and O–H groups in total. The van der Waals surface area contributed by atoms with Crippen molar-refractivity contribution in [3.05, 3.63) is 5.57 Å². The van der Waals surface area contributed by atoms with Gasteiger partial charge in [-0.1, -0.05) is 13.8 Å². The van der Waals surface area contributed by atoms with E-state index in [2.05, 4.69) is 11.8 Å². The van der Waals surface area contributed by atoms with Gasteiger partial charge < -0.3 is 4.90 Å². The van der Waals surface area contributed by atoms with E-state index in [0.29, 0.717) is 5.92 Å². The van der Waals surface area contributed by atoms with Crippen LogP contribution in [-0.2, 0) is 4.79 Å². The van der Waals surface area contributed by atoms with Crippen molar-refractivity contribution in [2.24, 2.45) is 5.92 Å². The van der Waals surface area contributed by atoms with Crippen molar-refractivity contribution in [1.29, 1.82) is 0 Å². The molecule has 0 aliphatic heterocycles. The van der Waals surface area contributed by atoms with Crippen LogP contribution in [0.5, 0.6) is 0 Å². The van der Waals surface area contributed by atoms with E-state index in [1.807, 2.05) is 27.0 Å². The third kappa shape index (κ3) is 3.97. The monoisotopic (exact) mass is 155 g/mol. The average Bonchev–Trinajstić information content (AvgIpc) is 1.88. The molecule has 0 rings (SSSR count). The minimum atomic E-state index is 0.340. The Morgan fingerprint density at radius 1 is 1.55 bits per heavy atom. The molecule has 0 fully saturated rings. The Balaban J connectivity index is 4.01. The SMILES string of the molecule is CCC(=C=O)C(C)CN(C)C. The Bertz CT molecular complexity index is 157. The summed E-state index contributed by atoms with van der Waals surface area (Å²) in [5, 5.41) is 0. The smallest absolute Gasteiger partial charge is 0.123 e. The van der Waals surface area contributed by atoms with E-state index < -0.39 is 0 Å². The molecule has 0 spiro atoms. The van der Waals surface area contributed by atoms with E-state index in [4.69, 9.17) is 0 Å². The first-order chi connectivity index (χ1) is 5.11. The van der Waals surface area contributed by atoms with Gasteiger partial charge in [-0.05, 0) is 20.5 Å². The van der Waals surface area contributed by atoms with Crippen molar-refractivity contribution in [2.45, 2.75) is 20.3 Å². The first-order valence-corrected chi connectivity index (χ1v) is 4.00. The number of carbonyl (C=O) groups excluding carboxylic acids is 1. The van der Waals surface area contributed by atoms with Crippen LogP contribution < -0.4 is 0 Å². The Morgan fingerprint density at radius 2 is 2.09 bits per heavy atom. The highest BCUT2D eigenvalue weighted by Gasteiger charge is 2.08. The highest BCUT2D eigenvalue weighted by molar-refractivity contribution is 5.52. The number of rotatable bonds is 4. The predicted octanol–water partition coefficient (Wildman–Crippen LogP) is 1.35. The van der Waals surface area contributed by atoms with Crippen LogP contribution in [0.2, 0.25) is 0 Å². The van der Waals surface area contributed by atoms with Gasteiger partial charge in [-0.3, -0.25) is 0 Å². The zero-order valence-electron chi connectivity index (χ0n) is 7.85. The van der Waals surface area contributed by atoms with Crippen LogP contribution in [0, 0.1) is 5.92 Å². The maximum Gasteiger partial charge on any atom is 0.123 e. The zero-order chi connectivity index (χ0) is 8.85. The second-order valence-corrected chi connectivity index (χ2v) is 3.14. The summed E-state index contributed by atoms with van der Waals surface area (Å²) >= 11 is 0. The molecule has 64 valence electrons. The van der Waals surface area contributed by atoms with Crippen LogP contribution in [0.1, 0.15) is 20.3 Å². The zero-order valence-corrected chi connectivity index (χ0v) is 7.85. The van der Waals surface area contributed by atoms with Crippen molar-refractivity contribution in [3.63, 3.8) is 0 Å². The van der Waals surface area contributed by atoms with Crippen LogP contribution >= 0.6 is 0 Å². The van der Waals surface area contributed by atoms with Gasteiger partial charge >= 0.3 is 0 Å². The summed E-state index contributed by atoms with van der Waals surface area (Å²) < 4.78 is 0. The number of hydrogen-bond donors (Lipinski definition) is 0. The quantitative estimate of drug-likeness (QED) is 0.571. The van der Waals surface area contributed by atoms with Gasteiger partial charge in [-0.25, -0.2) is 4.79 Å². The summed E-state index contributed by atoms with van der Waals surface area (Å²) in [4.78, 5) is 12.5. The van der Waals surface area contributed by atoms with Gasteiger partial charge in [-0.2, -0.15) is 0 Å². The molecule has 0 aromatic rings. The van der Waals surface area contributed by atoms with Gasteiger partial charge in [0.25, 0.3) is 0 Å². The van der Waals surface area contributed by atoms with Crippen LogP contribution in [0.3, 0.4) is 0 Å². The third-order valence-electron chi connectivity index (χ3n) is 1.75. The highest BCUT2D eigenvalue weighted by atomic mass is 16.1. The van der Waals surface area contributed by atoms with Crippen molar-refractivity contribution in [2.75, 3.05) is 20.6 Å². The lowest BCUT2D eigenvalue weighted by atomic mass is 10.0. The topological polar surface area (TPSA) is 20.3 Å². The molecule has 2 nitrogen and oxygen atoms in total. The molecule has 1 unspecified atom stereocenters. The maximum absolute atomic E-state index is 10.4. The molecule has 0 radical (unpaired) electrons. The summed E-state index contributed by atoms with van der Waals surface area (Å²) in [5.74, 6) is 2.34. The molecule has 1 atom stereocenters. The van der Waals surface area contributed by atoms with Crippen LogP contribution in [0.25, 0.3) is 0 Å². The molecule has 0 heterocycles. The van der Waals surface area contributed by atoms with Crippen molar-refractivity contribution in [1.82, 2.24) is 4.90 Å². The van der Waals surface area contributed by atoms with Crippen LogP contribution in [0.4, 0.5) is 0 Å². The first kappa shape index (κ1) is 10.4. The largest absolute Gasteiger partial charge is 0.309 e. The Kier molecular flexibility index (Phi) is 4.84. The lowest BCUT2D eigenvalue weighted by molar-refractivity contribution is 0.361. The Morgan fingerprint density at radius 3 is 2.36 bits per heavy atom. The lowest BCUT2D eigenvalue weighted by Gasteiger charge is -2.16. The van der Waals surface area contributed by atoms with E-state index >= 15 is 0 Å². The van der Waals surface area contributed by atoms with E-state index in [1.165, 1.54) is 0 Å². The van der Waals surface area contributed by atoms with E-state index in [0.717, 1.165) is 18.5 Å². The summed E-state index contributed by atoms with van der Waals surface area (Å²) in [7, 11) is 4.02. The van der Waals surface area contributed by atoms with Crippen LogP contribution in [-0.4, -0.2) is 31.5 Å². The molecular formula is C9H17NO. The van der Waals surface area contributed by atoms with Gasteiger partial charge in [-0.15, -0.1) is 0 Å². The van der Waals surface area contributed by atoms with Gasteiger partial charge in [0.05, 0.1) is 0 Å². The fourth-order valence-corrected chi connectivity index (χ4v) is 1.18. The van der Waals surface area contributed by atoms with E-state index in [-0.39, 0.29) is 0 Å². The standard InChI is InChI=1S/C9H17NO/c1-5-9(7-11)8(2)6-10(3)4/h8H,5-6H2,1-4H3. The summed E-state index contributed by atoms with van der Waals surface area (Å²) in [5.41, 5.74) is 0.888. The third-order valence-corrected chi connectivity index (χ3v) is 1.75. The maximum atomic E-state index is 10.4. The van der Waals surface area contributed by atoms with Gasteiger partial charge in [0.2, 0.25) is 0 Å². The first-order valence-electron chi connectivity index (χ1n) is 4.00. The van der Waals surface area contributed by atoms with Crippen molar-refractivity contribution in [3.8, 4) is 0 Å². The van der Waals surface area contributed by atoms with Gasteiger partial charge in [0.15, 0.2) is 0 Å². The molecule has 0 saturated heterocycles. The molecule has 2 heteroatoms. The molecule has 0 aromatic heterocycles. The highest BCUT2D eigenvalue weighted by Crippen LogP contribution is 2.10. The second-order valence-electron chi connectivity index (χ2n) is 3.14. The molecule has 0 aliphatic rings. The summed E-state index contributed by atoms with van der Waals surface area (Å²) in [6.07, 6.45) is 0.818. The minimum absolute atomic E-state index is 0.340. The molecule has 0 amide bonds. The van der Waals surface area contributed by atoms with Crippen molar-refractivity contribution >= 4 is 5.94 Å². The number of nitrogens with zero attached hydrogens (tertiary/aromatic N) is 1. The molecule has 0 saturated carbocycles. The molecular weight excluding hydrogens is 138 g/mol. The summed E-state index contributed by atoms with van der Waals surface area (Å²) in [6.45, 7) is 4.98. The fraction of sp³-hybridized carbons (Fsp3) is 0.778. The molecule has 0 aromatic carbocycles. The van der Waals surface area contributed by atoms with E-state index in [1.54, 1.807) is 0 Å². The van der Waals surface area contributed by atoms with Gasteiger partial charge in [0.1, 0.15) is 5.94 Å². The van der Waals surface area contributed by atoms with E-state index in [9.17, 15) is 4.79 Å².